The van der Waals surface area contributed by atoms with Gasteiger partial charge in [-0.25, -0.2) is 9.80 Å². The van der Waals surface area contributed by atoms with Gasteiger partial charge in [-0.15, -0.1) is 0 Å². The first-order valence-electron chi connectivity index (χ1n) is 8.19. The van der Waals surface area contributed by atoms with E-state index < -0.39 is 0 Å². The fraction of sp³-hybridized carbons (Fsp3) is 0.353. The number of carbonyl (C=O) groups is 3. The molecule has 0 aromatic heterocycles. The van der Waals surface area contributed by atoms with Gasteiger partial charge in [0.2, 0.25) is 0 Å². The number of nitrogens with zero attached hydrogens (tertiary/aromatic N) is 1. The third-order valence-corrected chi connectivity index (χ3v) is 5.75. The van der Waals surface area contributed by atoms with Gasteiger partial charge in [0.1, 0.15) is 0 Å². The lowest BCUT2D eigenvalue weighted by Gasteiger charge is -2.16. The van der Waals surface area contributed by atoms with E-state index in [1.807, 2.05) is 12.1 Å². The minimum atomic E-state index is -0.338. The number of thioether (sulfide) groups is 1. The third-order valence-electron chi connectivity index (χ3n) is 4.06. The maximum atomic E-state index is 12.3. The van der Waals surface area contributed by atoms with Gasteiger partial charge in [0.25, 0.3) is 0 Å². The van der Waals surface area contributed by atoms with Gasteiger partial charge in [0.05, 0.1) is 11.6 Å². The largest absolute Gasteiger partial charge is 0.333 e. The Hall–Kier alpha value is -1.68. The minimum Gasteiger partial charge on any atom is -0.307 e. The van der Waals surface area contributed by atoms with Crippen molar-refractivity contribution in [3.63, 3.8) is 0 Å². The molecule has 2 aliphatic heterocycles. The summed E-state index contributed by atoms with van der Waals surface area (Å²) in [7, 11) is 0. The summed E-state index contributed by atoms with van der Waals surface area (Å²) < 4.78 is 0.936. The third kappa shape index (κ3) is 4.94. The number of allylic oxidation sites excluding steroid dienone is 2. The zero-order valence-corrected chi connectivity index (χ0v) is 16.5. The first-order chi connectivity index (χ1) is 12.4. The van der Waals surface area contributed by atoms with E-state index in [0.29, 0.717) is 30.2 Å². The lowest BCUT2D eigenvalue weighted by Crippen LogP contribution is -2.43. The molecule has 3 N–H and O–H groups in total. The predicted molar refractivity (Wildman–Crippen MR) is 104 cm³/mol. The van der Waals surface area contributed by atoms with Crippen LogP contribution in [0.1, 0.15) is 13.3 Å². The summed E-state index contributed by atoms with van der Waals surface area (Å²) in [6, 6.07) is 6.87. The molecule has 0 aliphatic carbocycles. The summed E-state index contributed by atoms with van der Waals surface area (Å²) in [5, 5.41) is 7.68. The summed E-state index contributed by atoms with van der Waals surface area (Å²) >= 11 is 4.37. The van der Waals surface area contributed by atoms with Crippen molar-refractivity contribution in [2.75, 3.05) is 18.5 Å². The molecule has 2 aliphatic rings. The highest BCUT2D eigenvalue weighted by Crippen LogP contribution is 2.32. The summed E-state index contributed by atoms with van der Waals surface area (Å²) in [5.74, 6) is -0.234. The number of hydrazine groups is 1. The predicted octanol–water partition coefficient (Wildman–Crippen LogP) is 2.47. The number of anilines is 1. The Balaban J connectivity index is 1.44. The Bertz CT molecular complexity index is 753. The maximum absolute atomic E-state index is 12.3. The molecule has 2 heterocycles. The van der Waals surface area contributed by atoms with Crippen LogP contribution in [0, 0.1) is 5.92 Å². The number of amides is 2. The zero-order valence-electron chi connectivity index (χ0n) is 14.1. The van der Waals surface area contributed by atoms with E-state index in [1.165, 1.54) is 0 Å². The topological polar surface area (TPSA) is 90.5 Å². The van der Waals surface area contributed by atoms with Gasteiger partial charge in [-0.2, -0.15) is 0 Å². The summed E-state index contributed by atoms with van der Waals surface area (Å²) in [5.41, 5.74) is 3.44. The monoisotopic (exact) mass is 438 g/mol. The van der Waals surface area contributed by atoms with Gasteiger partial charge in [-0.05, 0) is 36.0 Å². The second kappa shape index (κ2) is 8.34. The molecule has 0 spiro atoms. The average Bonchev–Trinajstić information content (AvgIpc) is 3.16. The molecule has 2 atom stereocenters. The van der Waals surface area contributed by atoms with Crippen molar-refractivity contribution in [3.8, 4) is 0 Å². The van der Waals surface area contributed by atoms with Crippen molar-refractivity contribution in [2.45, 2.75) is 19.4 Å². The molecule has 3 rings (SSSR count). The molecule has 26 heavy (non-hydrogen) atoms. The number of benzene rings is 1. The van der Waals surface area contributed by atoms with Crippen LogP contribution in [0.15, 0.2) is 39.7 Å². The van der Waals surface area contributed by atoms with Crippen LogP contribution >= 0.6 is 27.7 Å². The zero-order chi connectivity index (χ0) is 18.7. The number of urea groups is 1. The smallest absolute Gasteiger partial charge is 0.307 e. The molecule has 0 saturated carbocycles. The second-order valence-electron chi connectivity index (χ2n) is 6.22. The van der Waals surface area contributed by atoms with Gasteiger partial charge < -0.3 is 5.32 Å². The van der Waals surface area contributed by atoms with Crippen LogP contribution in [-0.4, -0.2) is 41.2 Å². The quantitative estimate of drug-likeness (QED) is 0.653. The lowest BCUT2D eigenvalue weighted by atomic mass is 10.1. The summed E-state index contributed by atoms with van der Waals surface area (Å²) in [6.07, 6.45) is 2.03. The molecule has 2 unspecified atom stereocenters. The Morgan fingerprint density at radius 1 is 1.35 bits per heavy atom. The van der Waals surface area contributed by atoms with Crippen molar-refractivity contribution < 1.29 is 14.4 Å². The molecular weight excluding hydrogens is 420 g/mol. The molecule has 1 saturated heterocycles. The number of halogens is 1. The highest BCUT2D eigenvalue weighted by Gasteiger charge is 2.30. The van der Waals surface area contributed by atoms with Crippen molar-refractivity contribution in [1.29, 1.82) is 0 Å². The highest BCUT2D eigenvalue weighted by atomic mass is 79.9. The molecule has 7 nitrogen and oxygen atoms in total. The molecule has 9 heteroatoms. The summed E-state index contributed by atoms with van der Waals surface area (Å²) in [6.45, 7) is 2.76. The van der Waals surface area contributed by atoms with Crippen LogP contribution in [-0.2, 0) is 9.59 Å². The number of Topliss-reactive ketones (excluding diaryl/α,β-unsaturated/α-hetero) is 1. The molecule has 2 amide bonds. The van der Waals surface area contributed by atoms with E-state index in [-0.39, 0.29) is 28.9 Å². The number of rotatable bonds is 5. The minimum absolute atomic E-state index is 0.0145. The van der Waals surface area contributed by atoms with Gasteiger partial charge in [0, 0.05) is 35.1 Å². The van der Waals surface area contributed by atoms with E-state index in [1.54, 1.807) is 30.1 Å². The number of hydrogen-bond donors (Lipinski definition) is 3. The van der Waals surface area contributed by atoms with E-state index >= 15 is 0 Å². The van der Waals surface area contributed by atoms with Crippen molar-refractivity contribution in [3.05, 3.63) is 39.7 Å². The fourth-order valence-electron chi connectivity index (χ4n) is 2.70. The first kappa shape index (κ1) is 19.1. The lowest BCUT2D eigenvalue weighted by molar-refractivity contribution is -0.115. The molecule has 1 fully saturated rings. The van der Waals surface area contributed by atoms with Crippen LogP contribution in [0.2, 0.25) is 0 Å². The van der Waals surface area contributed by atoms with Crippen molar-refractivity contribution in [2.24, 2.45) is 5.92 Å². The van der Waals surface area contributed by atoms with E-state index in [4.69, 9.17) is 0 Å². The van der Waals surface area contributed by atoms with E-state index in [2.05, 4.69) is 32.0 Å². The van der Waals surface area contributed by atoms with Crippen LogP contribution in [0.4, 0.5) is 10.5 Å². The van der Waals surface area contributed by atoms with Gasteiger partial charge >= 0.3 is 6.03 Å². The Morgan fingerprint density at radius 3 is 2.73 bits per heavy atom. The SMILES string of the molecule is CC1C=C(C(=O)CC2CN(NC(=O)Nc3ccc(Br)cc3)CN2)SC1=O. The van der Waals surface area contributed by atoms with Crippen LogP contribution in [0.5, 0.6) is 0 Å². The number of carbonyl (C=O) groups excluding carboxylic acids is 3. The Kier molecular flexibility index (Phi) is 6.13. The molecule has 1 aromatic rings. The molecular formula is C17H19BrN4O3S. The highest BCUT2D eigenvalue weighted by molar-refractivity contribution is 9.10. The first-order valence-corrected chi connectivity index (χ1v) is 9.80. The van der Waals surface area contributed by atoms with Crippen molar-refractivity contribution >= 4 is 50.3 Å². The average molecular weight is 439 g/mol. The van der Waals surface area contributed by atoms with Crippen molar-refractivity contribution in [1.82, 2.24) is 15.8 Å². The van der Waals surface area contributed by atoms with E-state index in [0.717, 1.165) is 16.2 Å². The van der Waals surface area contributed by atoms with Crippen LogP contribution in [0.3, 0.4) is 0 Å². The normalized spacial score (nSPS) is 23.0. The number of nitrogens with one attached hydrogen (secondary N) is 3. The number of hydrogen-bond acceptors (Lipinski definition) is 6. The molecule has 138 valence electrons. The molecule has 0 bridgehead atoms. The second-order valence-corrected chi connectivity index (χ2v) is 8.18. The Labute approximate surface area is 164 Å². The maximum Gasteiger partial charge on any atom is 0.333 e. The summed E-state index contributed by atoms with van der Waals surface area (Å²) in [4.78, 5) is 36.4. The number of ketones is 1. The van der Waals surface area contributed by atoms with Gasteiger partial charge in [0.15, 0.2) is 10.9 Å². The molecule has 0 radical (unpaired) electrons. The van der Waals surface area contributed by atoms with Gasteiger partial charge in [-0.1, -0.05) is 28.9 Å². The van der Waals surface area contributed by atoms with Crippen LogP contribution < -0.4 is 16.1 Å². The Morgan fingerprint density at radius 2 is 2.08 bits per heavy atom. The van der Waals surface area contributed by atoms with Gasteiger partial charge in [-0.3, -0.25) is 20.3 Å². The van der Waals surface area contributed by atoms with Crippen LogP contribution in [0.25, 0.3) is 0 Å². The van der Waals surface area contributed by atoms with E-state index in [9.17, 15) is 14.4 Å². The standard InChI is InChI=1S/C17H19BrN4O3S/c1-10-6-15(26-16(10)24)14(23)7-13-8-22(9-19-13)21-17(25)20-12-4-2-11(18)3-5-12/h2-6,10,13,19H,7-9H2,1H3,(H2,20,21,25). The fourth-order valence-corrected chi connectivity index (χ4v) is 3.90. The molecule has 1 aromatic carbocycles.